The van der Waals surface area contributed by atoms with E-state index in [-0.39, 0.29) is 6.61 Å². The fourth-order valence-electron chi connectivity index (χ4n) is 1.88. The van der Waals surface area contributed by atoms with Crippen molar-refractivity contribution in [1.29, 1.82) is 0 Å². The fourth-order valence-corrected chi connectivity index (χ4v) is 1.88. The van der Waals surface area contributed by atoms with Crippen LogP contribution in [0.4, 0.5) is 9.18 Å². The number of carbonyl (C=O) groups is 1. The average Bonchev–Trinajstić information content (AvgIpc) is 2.40. The van der Waals surface area contributed by atoms with E-state index in [4.69, 9.17) is 4.74 Å². The quantitative estimate of drug-likeness (QED) is 0.859. The standard InChI is InChI=1S/C13H17FN2O2/c14-11-6-7-15-8-12(11)16-13(17)18-9-10-4-2-1-3-5-10/h1-5,11-12,15H,6-9H2,(H,16,17)/t11-,12+/m1/s1. The zero-order valence-electron chi connectivity index (χ0n) is 10.1. The van der Waals surface area contributed by atoms with E-state index < -0.39 is 18.3 Å². The normalized spacial score (nSPS) is 23.4. The van der Waals surface area contributed by atoms with E-state index in [1.165, 1.54) is 0 Å². The zero-order chi connectivity index (χ0) is 12.8. The second-order valence-electron chi connectivity index (χ2n) is 4.32. The van der Waals surface area contributed by atoms with E-state index >= 15 is 0 Å². The van der Waals surface area contributed by atoms with Gasteiger partial charge in [-0.15, -0.1) is 0 Å². The Balaban J connectivity index is 1.75. The largest absolute Gasteiger partial charge is 0.445 e. The molecule has 1 amide bonds. The van der Waals surface area contributed by atoms with E-state index in [0.717, 1.165) is 5.56 Å². The van der Waals surface area contributed by atoms with Crippen LogP contribution in [0.1, 0.15) is 12.0 Å². The molecule has 0 saturated carbocycles. The molecule has 0 radical (unpaired) electrons. The first-order valence-electron chi connectivity index (χ1n) is 6.07. The number of halogens is 1. The molecule has 0 bridgehead atoms. The summed E-state index contributed by atoms with van der Waals surface area (Å²) in [7, 11) is 0. The smallest absolute Gasteiger partial charge is 0.407 e. The summed E-state index contributed by atoms with van der Waals surface area (Å²) >= 11 is 0. The number of ether oxygens (including phenoxy) is 1. The summed E-state index contributed by atoms with van der Waals surface area (Å²) in [6, 6.07) is 8.88. The van der Waals surface area contributed by atoms with Crippen molar-refractivity contribution in [3.05, 3.63) is 35.9 Å². The molecule has 1 saturated heterocycles. The zero-order valence-corrected chi connectivity index (χ0v) is 10.1. The van der Waals surface area contributed by atoms with Crippen LogP contribution in [-0.4, -0.2) is 31.4 Å². The molecule has 0 spiro atoms. The molecule has 2 atom stereocenters. The van der Waals surface area contributed by atoms with Gasteiger partial charge in [-0.25, -0.2) is 9.18 Å². The molecule has 1 aromatic carbocycles. The first kappa shape index (κ1) is 12.8. The number of carbonyl (C=O) groups excluding carboxylic acids is 1. The van der Waals surface area contributed by atoms with Gasteiger partial charge < -0.3 is 15.4 Å². The highest BCUT2D eigenvalue weighted by Gasteiger charge is 2.26. The van der Waals surface area contributed by atoms with Gasteiger partial charge in [0.15, 0.2) is 0 Å². The van der Waals surface area contributed by atoms with Gasteiger partial charge in [0.05, 0.1) is 6.04 Å². The highest BCUT2D eigenvalue weighted by Crippen LogP contribution is 2.08. The van der Waals surface area contributed by atoms with Crippen LogP contribution in [0.5, 0.6) is 0 Å². The van der Waals surface area contributed by atoms with Crippen molar-refractivity contribution < 1.29 is 13.9 Å². The Labute approximate surface area is 106 Å². The number of alkyl carbamates (subject to hydrolysis) is 1. The number of nitrogens with one attached hydrogen (secondary N) is 2. The third-order valence-electron chi connectivity index (χ3n) is 2.91. The van der Waals surface area contributed by atoms with Gasteiger partial charge in [0.1, 0.15) is 12.8 Å². The van der Waals surface area contributed by atoms with Crippen molar-refractivity contribution >= 4 is 6.09 Å². The molecule has 5 heteroatoms. The molecule has 1 aromatic rings. The Morgan fingerprint density at radius 1 is 1.44 bits per heavy atom. The van der Waals surface area contributed by atoms with Gasteiger partial charge in [0.2, 0.25) is 0 Å². The van der Waals surface area contributed by atoms with Crippen LogP contribution in [0.25, 0.3) is 0 Å². The minimum absolute atomic E-state index is 0.198. The number of hydrogen-bond donors (Lipinski definition) is 2. The van der Waals surface area contributed by atoms with Gasteiger partial charge in [-0.05, 0) is 18.5 Å². The van der Waals surface area contributed by atoms with Crippen molar-refractivity contribution in [2.75, 3.05) is 13.1 Å². The lowest BCUT2D eigenvalue weighted by Crippen LogP contribution is -2.52. The van der Waals surface area contributed by atoms with Gasteiger partial charge in [0, 0.05) is 6.54 Å². The average molecular weight is 252 g/mol. The van der Waals surface area contributed by atoms with Gasteiger partial charge in [0.25, 0.3) is 0 Å². The van der Waals surface area contributed by atoms with Crippen LogP contribution in [-0.2, 0) is 11.3 Å². The lowest BCUT2D eigenvalue weighted by atomic mass is 10.1. The van der Waals surface area contributed by atoms with Crippen LogP contribution in [0.3, 0.4) is 0 Å². The van der Waals surface area contributed by atoms with E-state index in [0.29, 0.717) is 19.5 Å². The number of amides is 1. The summed E-state index contributed by atoms with van der Waals surface area (Å²) in [5.74, 6) is 0. The first-order chi connectivity index (χ1) is 8.75. The maximum absolute atomic E-state index is 13.5. The van der Waals surface area contributed by atoms with Crippen LogP contribution in [0.15, 0.2) is 30.3 Å². The number of piperidine rings is 1. The van der Waals surface area contributed by atoms with E-state index in [1.807, 2.05) is 30.3 Å². The molecule has 1 fully saturated rings. The molecule has 0 aliphatic carbocycles. The molecular weight excluding hydrogens is 235 g/mol. The summed E-state index contributed by atoms with van der Waals surface area (Å²) in [5.41, 5.74) is 0.909. The predicted molar refractivity (Wildman–Crippen MR) is 65.9 cm³/mol. The summed E-state index contributed by atoms with van der Waals surface area (Å²) in [6.07, 6.45) is -1.16. The van der Waals surface area contributed by atoms with Crippen molar-refractivity contribution in [3.8, 4) is 0 Å². The topological polar surface area (TPSA) is 50.4 Å². The summed E-state index contributed by atoms with van der Waals surface area (Å²) in [6.45, 7) is 1.30. The van der Waals surface area contributed by atoms with Crippen molar-refractivity contribution in [2.45, 2.75) is 25.2 Å². The first-order valence-corrected chi connectivity index (χ1v) is 6.07. The Bertz CT molecular complexity index is 386. The Kier molecular flexibility index (Phi) is 4.52. The molecule has 1 heterocycles. The number of rotatable bonds is 3. The van der Waals surface area contributed by atoms with Crippen LogP contribution >= 0.6 is 0 Å². The lowest BCUT2D eigenvalue weighted by Gasteiger charge is -2.27. The highest BCUT2D eigenvalue weighted by atomic mass is 19.1. The Morgan fingerprint density at radius 3 is 2.94 bits per heavy atom. The lowest BCUT2D eigenvalue weighted by molar-refractivity contribution is 0.122. The third kappa shape index (κ3) is 3.70. The highest BCUT2D eigenvalue weighted by molar-refractivity contribution is 5.67. The second-order valence-corrected chi connectivity index (χ2v) is 4.32. The van der Waals surface area contributed by atoms with Gasteiger partial charge in [-0.2, -0.15) is 0 Å². The van der Waals surface area contributed by atoms with Crippen LogP contribution in [0, 0.1) is 0 Å². The maximum Gasteiger partial charge on any atom is 0.407 e. The van der Waals surface area contributed by atoms with Crippen LogP contribution < -0.4 is 10.6 Å². The number of benzene rings is 1. The molecule has 2 rings (SSSR count). The predicted octanol–water partition coefficient (Wildman–Crippen LogP) is 1.61. The van der Waals surface area contributed by atoms with Crippen molar-refractivity contribution in [3.63, 3.8) is 0 Å². The molecular formula is C13H17FN2O2. The van der Waals surface area contributed by atoms with Gasteiger partial charge in [-0.1, -0.05) is 30.3 Å². The SMILES string of the molecule is O=C(N[C@H]1CNCC[C@H]1F)OCc1ccccc1. The van der Waals surface area contributed by atoms with E-state index in [9.17, 15) is 9.18 Å². The third-order valence-corrected chi connectivity index (χ3v) is 2.91. The molecule has 2 N–H and O–H groups in total. The molecule has 1 aliphatic rings. The number of alkyl halides is 1. The Hall–Kier alpha value is -1.62. The number of hydrogen-bond acceptors (Lipinski definition) is 3. The summed E-state index contributed by atoms with van der Waals surface area (Å²) in [5, 5.41) is 5.57. The fraction of sp³-hybridized carbons (Fsp3) is 0.462. The molecule has 0 unspecified atom stereocenters. The minimum Gasteiger partial charge on any atom is -0.445 e. The van der Waals surface area contributed by atoms with E-state index in [2.05, 4.69) is 10.6 Å². The molecule has 0 aromatic heterocycles. The maximum atomic E-state index is 13.5. The van der Waals surface area contributed by atoms with Crippen molar-refractivity contribution in [1.82, 2.24) is 10.6 Å². The monoisotopic (exact) mass is 252 g/mol. The van der Waals surface area contributed by atoms with Crippen LogP contribution in [0.2, 0.25) is 0 Å². The van der Waals surface area contributed by atoms with Gasteiger partial charge >= 0.3 is 6.09 Å². The summed E-state index contributed by atoms with van der Waals surface area (Å²) in [4.78, 5) is 11.5. The van der Waals surface area contributed by atoms with E-state index in [1.54, 1.807) is 0 Å². The summed E-state index contributed by atoms with van der Waals surface area (Å²) < 4.78 is 18.5. The van der Waals surface area contributed by atoms with Crippen molar-refractivity contribution in [2.24, 2.45) is 0 Å². The Morgan fingerprint density at radius 2 is 2.22 bits per heavy atom. The second kappa shape index (κ2) is 6.35. The molecule has 98 valence electrons. The molecule has 1 aliphatic heterocycles. The molecule has 18 heavy (non-hydrogen) atoms. The molecule has 4 nitrogen and oxygen atoms in total. The van der Waals surface area contributed by atoms with Gasteiger partial charge in [-0.3, -0.25) is 0 Å². The minimum atomic E-state index is -1.00.